The molecule has 0 aliphatic heterocycles. The summed E-state index contributed by atoms with van der Waals surface area (Å²) in [6.07, 6.45) is 0.709. The van der Waals surface area contributed by atoms with Gasteiger partial charge in [0.05, 0.1) is 11.3 Å². The summed E-state index contributed by atoms with van der Waals surface area (Å²) in [6.45, 7) is 3.72. The first-order chi connectivity index (χ1) is 11.7. The fourth-order valence-corrected chi connectivity index (χ4v) is 3.21. The van der Waals surface area contributed by atoms with E-state index in [2.05, 4.69) is 10.0 Å². The summed E-state index contributed by atoms with van der Waals surface area (Å²) in [7, 11) is -4.32. The van der Waals surface area contributed by atoms with Crippen LogP contribution >= 0.6 is 0 Å². The fraction of sp³-hybridized carbons (Fsp3) is 0.235. The Bertz CT molecular complexity index is 885. The van der Waals surface area contributed by atoms with Crippen molar-refractivity contribution in [3.63, 3.8) is 0 Å². The van der Waals surface area contributed by atoms with Gasteiger partial charge in [0.15, 0.2) is 0 Å². The first-order valence-corrected chi connectivity index (χ1v) is 9.10. The normalized spacial score (nSPS) is 12.5. The second-order valence-electron chi connectivity index (χ2n) is 5.51. The van der Waals surface area contributed by atoms with Crippen molar-refractivity contribution in [3.05, 3.63) is 59.7 Å². The maximum absolute atomic E-state index is 13.8. The summed E-state index contributed by atoms with van der Waals surface area (Å²) in [5, 5.41) is 2.73. The molecule has 0 aliphatic carbocycles. The van der Waals surface area contributed by atoms with Crippen LogP contribution in [0.25, 0.3) is 0 Å². The maximum Gasteiger partial charge on any atom is 0.264 e. The van der Waals surface area contributed by atoms with Gasteiger partial charge in [0.25, 0.3) is 15.9 Å². The zero-order valence-electron chi connectivity index (χ0n) is 13.7. The molecule has 1 atom stereocenters. The predicted molar refractivity (Wildman–Crippen MR) is 90.8 cm³/mol. The van der Waals surface area contributed by atoms with E-state index in [-0.39, 0.29) is 17.3 Å². The van der Waals surface area contributed by atoms with Crippen molar-refractivity contribution in [2.75, 3.05) is 4.72 Å². The van der Waals surface area contributed by atoms with Crippen molar-refractivity contribution >= 4 is 21.6 Å². The minimum absolute atomic E-state index is 0.00651. The number of hydrogen-bond donors (Lipinski definition) is 2. The molecule has 2 aromatic carbocycles. The molecule has 25 heavy (non-hydrogen) atoms. The molecule has 0 radical (unpaired) electrons. The third-order valence-corrected chi connectivity index (χ3v) is 4.99. The van der Waals surface area contributed by atoms with Gasteiger partial charge in [-0.15, -0.1) is 0 Å². The predicted octanol–water partition coefficient (Wildman–Crippen LogP) is 3.29. The number of sulfonamides is 1. The molecule has 0 spiro atoms. The van der Waals surface area contributed by atoms with E-state index in [1.54, 1.807) is 12.1 Å². The van der Waals surface area contributed by atoms with Crippen LogP contribution in [-0.2, 0) is 10.0 Å². The molecule has 0 aliphatic rings. The Morgan fingerprint density at radius 2 is 1.84 bits per heavy atom. The maximum atomic E-state index is 13.8. The number of amides is 1. The van der Waals surface area contributed by atoms with Crippen molar-refractivity contribution in [2.45, 2.75) is 31.2 Å². The number of halogens is 2. The Kier molecular flexibility index (Phi) is 5.73. The first kappa shape index (κ1) is 18.9. The van der Waals surface area contributed by atoms with Crippen LogP contribution < -0.4 is 10.0 Å². The van der Waals surface area contributed by atoms with E-state index < -0.39 is 32.5 Å². The summed E-state index contributed by atoms with van der Waals surface area (Å²) in [5.74, 6) is -2.55. The molecule has 1 amide bonds. The lowest BCUT2D eigenvalue weighted by molar-refractivity contribution is 0.0940. The van der Waals surface area contributed by atoms with Crippen LogP contribution in [0.3, 0.4) is 0 Å². The van der Waals surface area contributed by atoms with Crippen LogP contribution in [0.1, 0.15) is 30.6 Å². The van der Waals surface area contributed by atoms with Crippen molar-refractivity contribution in [2.24, 2.45) is 0 Å². The lowest BCUT2D eigenvalue weighted by Crippen LogP contribution is -2.32. The number of hydrogen-bond acceptors (Lipinski definition) is 3. The third-order valence-electron chi connectivity index (χ3n) is 3.59. The molecule has 2 aromatic rings. The first-order valence-electron chi connectivity index (χ1n) is 7.62. The van der Waals surface area contributed by atoms with E-state index in [1.807, 2.05) is 13.8 Å². The topological polar surface area (TPSA) is 75.3 Å². The number of carbonyl (C=O) groups excluding carboxylic acids is 1. The van der Waals surface area contributed by atoms with Crippen LogP contribution in [0.4, 0.5) is 14.5 Å². The summed E-state index contributed by atoms with van der Waals surface area (Å²) < 4.78 is 53.7. The molecular formula is C17H18F2N2O3S. The third kappa shape index (κ3) is 4.54. The quantitative estimate of drug-likeness (QED) is 0.822. The SMILES string of the molecule is CC[C@H](C)NC(=O)c1ccccc1NS(=O)(=O)c1ccc(F)cc1F. The molecule has 0 aromatic heterocycles. The minimum atomic E-state index is -4.32. The van der Waals surface area contributed by atoms with Gasteiger partial charge in [-0.25, -0.2) is 17.2 Å². The molecule has 0 saturated heterocycles. The lowest BCUT2D eigenvalue weighted by Gasteiger charge is -2.15. The van der Waals surface area contributed by atoms with Gasteiger partial charge in [-0.1, -0.05) is 19.1 Å². The number of anilines is 1. The molecule has 0 saturated carbocycles. The van der Waals surface area contributed by atoms with Crippen LogP contribution in [0.2, 0.25) is 0 Å². The Labute approximate surface area is 145 Å². The van der Waals surface area contributed by atoms with E-state index >= 15 is 0 Å². The van der Waals surface area contributed by atoms with Gasteiger partial charge >= 0.3 is 0 Å². The molecule has 0 heterocycles. The largest absolute Gasteiger partial charge is 0.350 e. The molecule has 8 heteroatoms. The zero-order chi connectivity index (χ0) is 18.6. The Morgan fingerprint density at radius 1 is 1.16 bits per heavy atom. The molecule has 2 N–H and O–H groups in total. The van der Waals surface area contributed by atoms with Crippen LogP contribution in [0.15, 0.2) is 47.4 Å². The summed E-state index contributed by atoms with van der Waals surface area (Å²) in [4.78, 5) is 11.6. The Hall–Kier alpha value is -2.48. The Morgan fingerprint density at radius 3 is 2.48 bits per heavy atom. The molecule has 0 unspecified atom stereocenters. The lowest BCUT2D eigenvalue weighted by atomic mass is 10.1. The molecule has 0 bridgehead atoms. The van der Waals surface area contributed by atoms with Gasteiger partial charge in [-0.2, -0.15) is 0 Å². The molecule has 2 rings (SSSR count). The van der Waals surface area contributed by atoms with Crippen LogP contribution in [0.5, 0.6) is 0 Å². The molecule has 5 nitrogen and oxygen atoms in total. The van der Waals surface area contributed by atoms with E-state index in [9.17, 15) is 22.0 Å². The van der Waals surface area contributed by atoms with Crippen molar-refractivity contribution < 1.29 is 22.0 Å². The van der Waals surface area contributed by atoms with Gasteiger partial charge in [0.2, 0.25) is 0 Å². The number of nitrogens with one attached hydrogen (secondary N) is 2. The van der Waals surface area contributed by atoms with E-state index in [4.69, 9.17) is 0 Å². The summed E-state index contributed by atoms with van der Waals surface area (Å²) >= 11 is 0. The van der Waals surface area contributed by atoms with Gasteiger partial charge in [-0.05, 0) is 37.6 Å². The molecule has 134 valence electrons. The van der Waals surface area contributed by atoms with E-state index in [1.165, 1.54) is 12.1 Å². The second-order valence-corrected chi connectivity index (χ2v) is 7.16. The van der Waals surface area contributed by atoms with Crippen LogP contribution in [-0.4, -0.2) is 20.4 Å². The van der Waals surface area contributed by atoms with Crippen molar-refractivity contribution in [3.8, 4) is 0 Å². The van der Waals surface area contributed by atoms with Crippen molar-refractivity contribution in [1.29, 1.82) is 0 Å². The highest BCUT2D eigenvalue weighted by molar-refractivity contribution is 7.92. The van der Waals surface area contributed by atoms with Gasteiger partial charge < -0.3 is 5.32 Å². The highest BCUT2D eigenvalue weighted by atomic mass is 32.2. The van der Waals surface area contributed by atoms with Gasteiger partial charge in [0, 0.05) is 12.1 Å². The smallest absolute Gasteiger partial charge is 0.264 e. The van der Waals surface area contributed by atoms with E-state index in [0.29, 0.717) is 12.5 Å². The highest BCUT2D eigenvalue weighted by Gasteiger charge is 2.22. The molecular weight excluding hydrogens is 350 g/mol. The average Bonchev–Trinajstić information content (AvgIpc) is 2.54. The number of para-hydroxylation sites is 1. The fourth-order valence-electron chi connectivity index (χ4n) is 2.07. The standard InChI is InChI=1S/C17H18F2N2O3S/c1-3-11(2)20-17(22)13-6-4-5-7-15(13)21-25(23,24)16-9-8-12(18)10-14(16)19/h4-11,21H,3H2,1-2H3,(H,20,22)/t11-/m0/s1. The highest BCUT2D eigenvalue weighted by Crippen LogP contribution is 2.22. The zero-order valence-corrected chi connectivity index (χ0v) is 14.5. The molecule has 0 fully saturated rings. The van der Waals surface area contributed by atoms with Crippen molar-refractivity contribution in [1.82, 2.24) is 5.32 Å². The summed E-state index contributed by atoms with van der Waals surface area (Å²) in [5.41, 5.74) is 0.112. The number of rotatable bonds is 6. The van der Waals surface area contributed by atoms with Gasteiger partial charge in [0.1, 0.15) is 16.5 Å². The monoisotopic (exact) mass is 368 g/mol. The van der Waals surface area contributed by atoms with E-state index in [0.717, 1.165) is 12.1 Å². The minimum Gasteiger partial charge on any atom is -0.350 e. The number of benzene rings is 2. The summed E-state index contributed by atoms with van der Waals surface area (Å²) in [6, 6.07) is 8.04. The Balaban J connectivity index is 2.35. The average molecular weight is 368 g/mol. The number of carbonyl (C=O) groups is 1. The second kappa shape index (κ2) is 7.60. The van der Waals surface area contributed by atoms with Gasteiger partial charge in [-0.3, -0.25) is 9.52 Å². The van der Waals surface area contributed by atoms with Crippen LogP contribution in [0, 0.1) is 11.6 Å².